The normalized spacial score (nSPS) is 10.3. The van der Waals surface area contributed by atoms with Crippen LogP contribution >= 0.6 is 15.9 Å². The van der Waals surface area contributed by atoms with Crippen LogP contribution < -0.4 is 0 Å². The Morgan fingerprint density at radius 3 is 2.58 bits per heavy atom. The molecule has 0 amide bonds. The number of carbonyl (C=O) groups is 1. The smallest absolute Gasteiger partial charge is 0.185 e. The third kappa shape index (κ3) is 3.64. The largest absolute Gasteiger partial charge is 0.289 e. The molecule has 0 aliphatic carbocycles. The molecule has 92 valence electrons. The summed E-state index contributed by atoms with van der Waals surface area (Å²) in [6.07, 6.45) is 3.23. The van der Waals surface area contributed by atoms with Gasteiger partial charge in [0.2, 0.25) is 0 Å². The van der Waals surface area contributed by atoms with Crippen molar-refractivity contribution in [2.75, 3.05) is 0 Å². The number of halogens is 1. The molecule has 0 atom stereocenters. The quantitative estimate of drug-likeness (QED) is 0.629. The third-order valence-corrected chi connectivity index (χ3v) is 3.10. The zero-order chi connectivity index (χ0) is 13.7. The van der Waals surface area contributed by atoms with Gasteiger partial charge in [-0.15, -0.1) is 0 Å². The van der Waals surface area contributed by atoms with Crippen LogP contribution in [0.3, 0.4) is 0 Å². The Morgan fingerprint density at radius 1 is 1.16 bits per heavy atom. The van der Waals surface area contributed by atoms with Crippen LogP contribution in [0.15, 0.2) is 59.1 Å². The van der Waals surface area contributed by atoms with Crippen molar-refractivity contribution in [2.45, 2.75) is 0 Å². The lowest BCUT2D eigenvalue weighted by molar-refractivity contribution is 0.104. The van der Waals surface area contributed by atoms with Crippen molar-refractivity contribution in [3.63, 3.8) is 0 Å². The van der Waals surface area contributed by atoms with Gasteiger partial charge in [0.05, 0.1) is 11.6 Å². The molecule has 2 aromatic carbocycles. The Labute approximate surface area is 120 Å². The molecule has 2 aromatic rings. The number of hydrogen-bond acceptors (Lipinski definition) is 2. The van der Waals surface area contributed by atoms with E-state index in [1.165, 1.54) is 6.08 Å². The summed E-state index contributed by atoms with van der Waals surface area (Å²) in [5.74, 6) is -0.0603. The molecule has 0 unspecified atom stereocenters. The maximum absolute atomic E-state index is 11.9. The lowest BCUT2D eigenvalue weighted by Crippen LogP contribution is -1.93. The van der Waals surface area contributed by atoms with E-state index in [2.05, 4.69) is 22.0 Å². The maximum atomic E-state index is 11.9. The molecule has 2 nitrogen and oxygen atoms in total. The Hall–Kier alpha value is -2.18. The lowest BCUT2D eigenvalue weighted by atomic mass is 10.1. The van der Waals surface area contributed by atoms with Crippen molar-refractivity contribution >= 4 is 27.8 Å². The number of benzene rings is 2. The summed E-state index contributed by atoms with van der Waals surface area (Å²) in [6, 6.07) is 16.4. The molecule has 0 bridgehead atoms. The number of allylic oxidation sites excluding steroid dienone is 1. The van der Waals surface area contributed by atoms with Gasteiger partial charge in [-0.25, -0.2) is 0 Å². The Kier molecular flexibility index (Phi) is 4.27. The highest BCUT2D eigenvalue weighted by Gasteiger charge is 2.01. The summed E-state index contributed by atoms with van der Waals surface area (Å²) in [6.45, 7) is 0. The van der Waals surface area contributed by atoms with Crippen LogP contribution in [0, 0.1) is 11.3 Å². The third-order valence-electron chi connectivity index (χ3n) is 2.57. The molecule has 0 N–H and O–H groups in total. The number of carbonyl (C=O) groups excluding carboxylic acids is 1. The van der Waals surface area contributed by atoms with Gasteiger partial charge in [-0.1, -0.05) is 34.1 Å². The van der Waals surface area contributed by atoms with Gasteiger partial charge in [0.1, 0.15) is 0 Å². The second-order valence-electron chi connectivity index (χ2n) is 3.94. The minimum absolute atomic E-state index is 0.0603. The summed E-state index contributed by atoms with van der Waals surface area (Å²) >= 11 is 3.33. The minimum atomic E-state index is -0.0603. The van der Waals surface area contributed by atoms with Crippen LogP contribution in [0.25, 0.3) is 6.08 Å². The Morgan fingerprint density at radius 2 is 1.89 bits per heavy atom. The van der Waals surface area contributed by atoms with Gasteiger partial charge in [0.15, 0.2) is 5.78 Å². The van der Waals surface area contributed by atoms with Crippen LogP contribution in [-0.2, 0) is 0 Å². The molecule has 0 radical (unpaired) electrons. The van der Waals surface area contributed by atoms with Crippen LogP contribution in [0.5, 0.6) is 0 Å². The van der Waals surface area contributed by atoms with Crippen LogP contribution in [0.2, 0.25) is 0 Å². The predicted octanol–water partition coefficient (Wildman–Crippen LogP) is 4.22. The molecule has 0 saturated heterocycles. The van der Waals surface area contributed by atoms with E-state index in [0.29, 0.717) is 11.1 Å². The predicted molar refractivity (Wildman–Crippen MR) is 78.7 cm³/mol. The van der Waals surface area contributed by atoms with Crippen LogP contribution in [0.1, 0.15) is 21.5 Å². The molecule has 3 heteroatoms. The molecule has 2 rings (SSSR count). The fraction of sp³-hybridized carbons (Fsp3) is 0. The van der Waals surface area contributed by atoms with E-state index in [9.17, 15) is 4.79 Å². The fourth-order valence-corrected chi connectivity index (χ4v) is 1.86. The van der Waals surface area contributed by atoms with Crippen molar-refractivity contribution in [1.82, 2.24) is 0 Å². The molecule has 0 spiro atoms. The van der Waals surface area contributed by atoms with E-state index in [-0.39, 0.29) is 5.78 Å². The number of nitriles is 1. The first-order valence-corrected chi connectivity index (χ1v) is 6.46. The van der Waals surface area contributed by atoms with Gasteiger partial charge in [0.25, 0.3) is 0 Å². The Balaban J connectivity index is 2.16. The zero-order valence-corrected chi connectivity index (χ0v) is 11.6. The Bertz CT molecular complexity index is 666. The molecular weight excluding hydrogens is 302 g/mol. The molecule has 0 fully saturated rings. The van der Waals surface area contributed by atoms with Gasteiger partial charge in [-0.05, 0) is 48.0 Å². The maximum Gasteiger partial charge on any atom is 0.185 e. The first kappa shape index (κ1) is 13.3. The summed E-state index contributed by atoms with van der Waals surface area (Å²) in [5, 5.41) is 8.80. The van der Waals surface area contributed by atoms with Gasteiger partial charge in [-0.2, -0.15) is 5.26 Å². The highest BCUT2D eigenvalue weighted by atomic mass is 79.9. The zero-order valence-electron chi connectivity index (χ0n) is 10.0. The van der Waals surface area contributed by atoms with E-state index < -0.39 is 0 Å². The first-order chi connectivity index (χ1) is 9.19. The van der Waals surface area contributed by atoms with Crippen LogP contribution in [-0.4, -0.2) is 5.78 Å². The van der Waals surface area contributed by atoms with E-state index in [4.69, 9.17) is 5.26 Å². The highest BCUT2D eigenvalue weighted by molar-refractivity contribution is 9.10. The molecule has 0 heterocycles. The van der Waals surface area contributed by atoms with E-state index in [0.717, 1.165) is 10.0 Å². The number of hydrogen-bond donors (Lipinski definition) is 0. The highest BCUT2D eigenvalue weighted by Crippen LogP contribution is 2.12. The first-order valence-electron chi connectivity index (χ1n) is 5.67. The summed E-state index contributed by atoms with van der Waals surface area (Å²) < 4.78 is 0.940. The number of nitrogens with zero attached hydrogens (tertiary/aromatic N) is 1. The SMILES string of the molecule is N#Cc1cccc(C=CC(=O)c2ccc(Br)cc2)c1. The standard InChI is InChI=1S/C16H10BrNO/c17-15-7-5-14(6-8-15)16(19)9-4-12-2-1-3-13(10-12)11-18/h1-10H. The van der Waals surface area contributed by atoms with Gasteiger partial charge in [0, 0.05) is 10.0 Å². The van der Waals surface area contributed by atoms with Crippen molar-refractivity contribution < 1.29 is 4.79 Å². The van der Waals surface area contributed by atoms with Gasteiger partial charge in [-0.3, -0.25) is 4.79 Å². The van der Waals surface area contributed by atoms with Crippen molar-refractivity contribution in [1.29, 1.82) is 5.26 Å². The second-order valence-corrected chi connectivity index (χ2v) is 4.86. The molecular formula is C16H10BrNO. The fourth-order valence-electron chi connectivity index (χ4n) is 1.59. The lowest BCUT2D eigenvalue weighted by Gasteiger charge is -1.97. The monoisotopic (exact) mass is 311 g/mol. The summed E-state index contributed by atoms with van der Waals surface area (Å²) in [5.41, 5.74) is 2.05. The van der Waals surface area contributed by atoms with E-state index in [1.807, 2.05) is 18.2 Å². The molecule has 0 aromatic heterocycles. The topological polar surface area (TPSA) is 40.9 Å². The summed E-state index contributed by atoms with van der Waals surface area (Å²) in [4.78, 5) is 11.9. The molecule has 19 heavy (non-hydrogen) atoms. The number of rotatable bonds is 3. The second kappa shape index (κ2) is 6.12. The minimum Gasteiger partial charge on any atom is -0.289 e. The summed E-state index contributed by atoms with van der Waals surface area (Å²) in [7, 11) is 0. The van der Waals surface area contributed by atoms with Crippen LogP contribution in [0.4, 0.5) is 0 Å². The molecule has 0 saturated carbocycles. The van der Waals surface area contributed by atoms with E-state index in [1.54, 1.807) is 36.4 Å². The van der Waals surface area contributed by atoms with Gasteiger partial charge < -0.3 is 0 Å². The molecule has 0 aliphatic rings. The van der Waals surface area contributed by atoms with Crippen molar-refractivity contribution in [2.24, 2.45) is 0 Å². The number of ketones is 1. The van der Waals surface area contributed by atoms with Crippen molar-refractivity contribution in [3.05, 3.63) is 75.8 Å². The van der Waals surface area contributed by atoms with Crippen molar-refractivity contribution in [3.8, 4) is 6.07 Å². The van der Waals surface area contributed by atoms with Gasteiger partial charge >= 0.3 is 0 Å². The van der Waals surface area contributed by atoms with E-state index >= 15 is 0 Å². The molecule has 0 aliphatic heterocycles. The average molecular weight is 312 g/mol. The average Bonchev–Trinajstić information content (AvgIpc) is 2.46.